The summed E-state index contributed by atoms with van der Waals surface area (Å²) in [5.41, 5.74) is 1.11. The minimum atomic E-state index is -3.39. The molecule has 2 aromatic rings. The number of ether oxygens (including phenoxy) is 1. The van der Waals surface area contributed by atoms with Crippen molar-refractivity contribution in [3.05, 3.63) is 57.3 Å². The fraction of sp³-hybridized carbons (Fsp3) is 0.476. The van der Waals surface area contributed by atoms with E-state index in [0.717, 1.165) is 19.1 Å². The molecule has 0 bridgehead atoms. The molecule has 1 unspecified atom stereocenters. The number of carbonyl (C=O) groups excluding carboxylic acids is 1. The SMILES string of the molecule is COc1ccccc1C(=O)N1CCCCC1c1nc2c(c(=O)[nH]1)CN(S(C)(=O)=O)CC2. The predicted octanol–water partition coefficient (Wildman–Crippen LogP) is 1.46. The molecule has 3 heterocycles. The topological polar surface area (TPSA) is 113 Å². The molecule has 1 amide bonds. The number of nitrogens with one attached hydrogen (secondary N) is 1. The first-order valence-electron chi connectivity index (χ1n) is 10.3. The second-order valence-electron chi connectivity index (χ2n) is 7.93. The number of para-hydroxylation sites is 1. The summed E-state index contributed by atoms with van der Waals surface area (Å²) in [6.07, 6.45) is 3.99. The van der Waals surface area contributed by atoms with E-state index in [1.165, 1.54) is 11.4 Å². The quantitative estimate of drug-likeness (QED) is 0.761. The fourth-order valence-corrected chi connectivity index (χ4v) is 5.08. The lowest BCUT2D eigenvalue weighted by molar-refractivity contribution is 0.0595. The third-order valence-electron chi connectivity index (χ3n) is 5.94. The van der Waals surface area contributed by atoms with Crippen molar-refractivity contribution in [2.24, 2.45) is 0 Å². The van der Waals surface area contributed by atoms with Crippen LogP contribution in [0.15, 0.2) is 29.1 Å². The molecule has 4 rings (SSSR count). The number of benzene rings is 1. The van der Waals surface area contributed by atoms with Gasteiger partial charge in [0, 0.05) is 26.1 Å². The van der Waals surface area contributed by atoms with Crippen molar-refractivity contribution in [2.75, 3.05) is 26.5 Å². The summed E-state index contributed by atoms with van der Waals surface area (Å²) in [7, 11) is -1.86. The van der Waals surface area contributed by atoms with Crippen LogP contribution in [0.25, 0.3) is 0 Å². The number of amides is 1. The number of aromatic nitrogens is 2. The second-order valence-corrected chi connectivity index (χ2v) is 9.92. The largest absolute Gasteiger partial charge is 0.496 e. The van der Waals surface area contributed by atoms with Gasteiger partial charge in [0.2, 0.25) is 10.0 Å². The highest BCUT2D eigenvalue weighted by Gasteiger charge is 2.33. The summed E-state index contributed by atoms with van der Waals surface area (Å²) >= 11 is 0. The molecule has 1 aromatic carbocycles. The Balaban J connectivity index is 1.67. The lowest BCUT2D eigenvalue weighted by Crippen LogP contribution is -2.42. The van der Waals surface area contributed by atoms with E-state index in [1.807, 2.05) is 6.07 Å². The summed E-state index contributed by atoms with van der Waals surface area (Å²) in [6.45, 7) is 0.867. The minimum Gasteiger partial charge on any atom is -0.496 e. The minimum absolute atomic E-state index is 0.0192. The van der Waals surface area contributed by atoms with Gasteiger partial charge in [-0.15, -0.1) is 0 Å². The zero-order valence-electron chi connectivity index (χ0n) is 17.6. The van der Waals surface area contributed by atoms with Gasteiger partial charge in [-0.05, 0) is 31.4 Å². The smallest absolute Gasteiger partial charge is 0.258 e. The molecule has 2 aliphatic rings. The Bertz CT molecular complexity index is 1160. The number of piperidine rings is 1. The lowest BCUT2D eigenvalue weighted by atomic mass is 9.99. The molecule has 9 nitrogen and oxygen atoms in total. The van der Waals surface area contributed by atoms with Crippen LogP contribution in [0.4, 0.5) is 0 Å². The van der Waals surface area contributed by atoms with Crippen molar-refractivity contribution in [3.8, 4) is 5.75 Å². The third kappa shape index (κ3) is 4.22. The Morgan fingerprint density at radius 2 is 2.00 bits per heavy atom. The number of methoxy groups -OCH3 is 1. The van der Waals surface area contributed by atoms with E-state index < -0.39 is 10.0 Å². The molecule has 166 valence electrons. The molecular formula is C21H26N4O5S. The first-order valence-corrected chi connectivity index (χ1v) is 12.2. The van der Waals surface area contributed by atoms with Gasteiger partial charge in [0.25, 0.3) is 11.5 Å². The number of likely N-dealkylation sites (tertiary alicyclic amines) is 1. The first kappa shape index (κ1) is 21.5. The van der Waals surface area contributed by atoms with Crippen LogP contribution in [0.5, 0.6) is 5.75 Å². The van der Waals surface area contributed by atoms with Gasteiger partial charge in [0.05, 0.1) is 36.2 Å². The standard InChI is InChI=1S/C21H26N4O5S/c1-30-18-9-4-3-7-14(18)21(27)25-11-6-5-8-17(25)19-22-16-10-12-24(31(2,28)29)13-15(16)20(26)23-19/h3-4,7,9,17H,5-6,8,10-13H2,1-2H3,(H,22,23,26). The molecule has 1 saturated heterocycles. The highest BCUT2D eigenvalue weighted by atomic mass is 32.2. The maximum Gasteiger partial charge on any atom is 0.258 e. The molecule has 0 aliphatic carbocycles. The Hall–Kier alpha value is -2.72. The molecule has 1 atom stereocenters. The highest BCUT2D eigenvalue weighted by molar-refractivity contribution is 7.88. The summed E-state index contributed by atoms with van der Waals surface area (Å²) in [5.74, 6) is 0.801. The molecule has 0 saturated carbocycles. The van der Waals surface area contributed by atoms with Crippen molar-refractivity contribution in [1.29, 1.82) is 0 Å². The summed E-state index contributed by atoms with van der Waals surface area (Å²) in [6, 6.07) is 6.73. The molecule has 0 radical (unpaired) electrons. The van der Waals surface area contributed by atoms with Crippen LogP contribution in [-0.4, -0.2) is 60.0 Å². The van der Waals surface area contributed by atoms with Crippen LogP contribution in [0.1, 0.15) is 52.7 Å². The molecule has 2 aliphatic heterocycles. The number of fused-ring (bicyclic) bond motifs is 1. The Morgan fingerprint density at radius 1 is 1.23 bits per heavy atom. The van der Waals surface area contributed by atoms with Crippen LogP contribution in [-0.2, 0) is 23.0 Å². The van der Waals surface area contributed by atoms with E-state index in [-0.39, 0.29) is 30.6 Å². The van der Waals surface area contributed by atoms with Gasteiger partial charge in [-0.1, -0.05) is 12.1 Å². The van der Waals surface area contributed by atoms with E-state index in [0.29, 0.717) is 47.8 Å². The molecule has 0 spiro atoms. The average Bonchev–Trinajstić information content (AvgIpc) is 2.77. The van der Waals surface area contributed by atoms with Crippen LogP contribution in [0.2, 0.25) is 0 Å². The molecule has 1 fully saturated rings. The van der Waals surface area contributed by atoms with Gasteiger partial charge in [-0.3, -0.25) is 9.59 Å². The van der Waals surface area contributed by atoms with Crippen molar-refractivity contribution < 1.29 is 17.9 Å². The van der Waals surface area contributed by atoms with Crippen LogP contribution >= 0.6 is 0 Å². The van der Waals surface area contributed by atoms with Crippen molar-refractivity contribution in [1.82, 2.24) is 19.2 Å². The third-order valence-corrected chi connectivity index (χ3v) is 7.19. The van der Waals surface area contributed by atoms with Gasteiger partial charge in [0.1, 0.15) is 11.6 Å². The van der Waals surface area contributed by atoms with Gasteiger partial charge in [-0.2, -0.15) is 4.31 Å². The van der Waals surface area contributed by atoms with Gasteiger partial charge >= 0.3 is 0 Å². The zero-order chi connectivity index (χ0) is 22.2. The van der Waals surface area contributed by atoms with Crippen molar-refractivity contribution >= 4 is 15.9 Å². The van der Waals surface area contributed by atoms with Gasteiger partial charge < -0.3 is 14.6 Å². The monoisotopic (exact) mass is 446 g/mol. The summed E-state index contributed by atoms with van der Waals surface area (Å²) < 4.78 is 30.4. The van der Waals surface area contributed by atoms with E-state index in [4.69, 9.17) is 4.74 Å². The fourth-order valence-electron chi connectivity index (χ4n) is 4.30. The van der Waals surface area contributed by atoms with Crippen molar-refractivity contribution in [2.45, 2.75) is 38.3 Å². The maximum atomic E-state index is 13.3. The number of carbonyl (C=O) groups is 1. The van der Waals surface area contributed by atoms with Crippen LogP contribution in [0, 0.1) is 0 Å². The number of H-pyrrole nitrogens is 1. The normalized spacial score (nSPS) is 19.7. The second kappa shape index (κ2) is 8.43. The van der Waals surface area contributed by atoms with Gasteiger partial charge in [-0.25, -0.2) is 13.4 Å². The molecule has 1 N–H and O–H groups in total. The highest BCUT2D eigenvalue weighted by Crippen LogP contribution is 2.32. The maximum absolute atomic E-state index is 13.3. The van der Waals surface area contributed by atoms with E-state index in [9.17, 15) is 18.0 Å². The van der Waals surface area contributed by atoms with E-state index in [2.05, 4.69) is 9.97 Å². The average molecular weight is 447 g/mol. The van der Waals surface area contributed by atoms with E-state index >= 15 is 0 Å². The van der Waals surface area contributed by atoms with Crippen LogP contribution in [0.3, 0.4) is 0 Å². The summed E-state index contributed by atoms with van der Waals surface area (Å²) in [5, 5.41) is 0. The number of rotatable bonds is 4. The number of nitrogens with zero attached hydrogens (tertiary/aromatic N) is 3. The molecule has 10 heteroatoms. The van der Waals surface area contributed by atoms with E-state index in [1.54, 1.807) is 23.1 Å². The zero-order valence-corrected chi connectivity index (χ0v) is 18.4. The molecule has 1 aromatic heterocycles. The molecule has 31 heavy (non-hydrogen) atoms. The Labute approximate surface area is 181 Å². The Kier molecular flexibility index (Phi) is 5.85. The Morgan fingerprint density at radius 3 is 2.74 bits per heavy atom. The number of hydrogen-bond acceptors (Lipinski definition) is 6. The summed E-state index contributed by atoms with van der Waals surface area (Å²) in [4.78, 5) is 35.4. The first-order chi connectivity index (χ1) is 14.8. The number of hydrogen-bond donors (Lipinski definition) is 1. The van der Waals surface area contributed by atoms with Gasteiger partial charge in [0.15, 0.2) is 0 Å². The lowest BCUT2D eigenvalue weighted by Gasteiger charge is -2.36. The van der Waals surface area contributed by atoms with Crippen LogP contribution < -0.4 is 10.3 Å². The predicted molar refractivity (Wildman–Crippen MR) is 114 cm³/mol. The number of sulfonamides is 1. The van der Waals surface area contributed by atoms with Crippen molar-refractivity contribution in [3.63, 3.8) is 0 Å². The number of aromatic amines is 1. The molecular weight excluding hydrogens is 420 g/mol.